The Morgan fingerprint density at radius 1 is 1.08 bits per heavy atom. The van der Waals surface area contributed by atoms with Gasteiger partial charge in [0.1, 0.15) is 12.7 Å². The molecule has 3 aromatic rings. The zero-order chi connectivity index (χ0) is 17.6. The summed E-state index contributed by atoms with van der Waals surface area (Å²) in [5.74, 6) is -0.276. The summed E-state index contributed by atoms with van der Waals surface area (Å²) in [7, 11) is 0. The minimum Gasteiger partial charge on any atom is -0.348 e. The van der Waals surface area contributed by atoms with Crippen molar-refractivity contribution in [2.75, 3.05) is 0 Å². The third-order valence-electron chi connectivity index (χ3n) is 3.63. The number of hydrogen-bond donors (Lipinski definition) is 1. The van der Waals surface area contributed by atoms with Crippen molar-refractivity contribution in [1.82, 2.24) is 20.1 Å². The predicted octanol–water partition coefficient (Wildman–Crippen LogP) is 2.16. The van der Waals surface area contributed by atoms with Crippen molar-refractivity contribution in [1.29, 1.82) is 0 Å². The molecular formula is C17H15N5O3. The Balaban J connectivity index is 1.55. The number of nitrogens with one attached hydrogen (secondary N) is 1. The Kier molecular flexibility index (Phi) is 4.79. The van der Waals surface area contributed by atoms with Crippen LogP contribution in [0.15, 0.2) is 61.2 Å². The number of non-ortho nitro benzene ring substituents is 1. The van der Waals surface area contributed by atoms with Gasteiger partial charge >= 0.3 is 0 Å². The van der Waals surface area contributed by atoms with Crippen molar-refractivity contribution in [2.45, 2.75) is 13.1 Å². The summed E-state index contributed by atoms with van der Waals surface area (Å²) in [6.45, 7) is 1.01. The molecular weight excluding hydrogens is 322 g/mol. The predicted molar refractivity (Wildman–Crippen MR) is 89.8 cm³/mol. The van der Waals surface area contributed by atoms with E-state index in [-0.39, 0.29) is 11.6 Å². The van der Waals surface area contributed by atoms with Crippen molar-refractivity contribution in [2.24, 2.45) is 0 Å². The lowest BCUT2D eigenvalue weighted by Gasteiger charge is -2.07. The zero-order valence-electron chi connectivity index (χ0n) is 13.2. The maximum atomic E-state index is 12.1. The molecule has 0 saturated heterocycles. The fraction of sp³-hybridized carbons (Fsp3) is 0.118. The van der Waals surface area contributed by atoms with Crippen LogP contribution in [0.2, 0.25) is 0 Å². The molecule has 1 aromatic heterocycles. The average molecular weight is 337 g/mol. The number of nitro benzene ring substituents is 1. The Morgan fingerprint density at radius 2 is 1.76 bits per heavy atom. The Hall–Kier alpha value is -3.55. The average Bonchev–Trinajstić information content (AvgIpc) is 3.14. The number of rotatable bonds is 6. The quantitative estimate of drug-likeness (QED) is 0.548. The highest BCUT2D eigenvalue weighted by atomic mass is 16.6. The number of nitro groups is 1. The first-order chi connectivity index (χ1) is 12.1. The first-order valence-corrected chi connectivity index (χ1v) is 7.55. The van der Waals surface area contributed by atoms with Gasteiger partial charge in [-0.2, -0.15) is 5.10 Å². The molecule has 0 atom stereocenters. The summed E-state index contributed by atoms with van der Waals surface area (Å²) in [6, 6.07) is 13.3. The molecule has 2 aromatic carbocycles. The van der Waals surface area contributed by atoms with Crippen LogP contribution in [0, 0.1) is 10.1 Å². The van der Waals surface area contributed by atoms with E-state index in [9.17, 15) is 14.9 Å². The number of benzene rings is 2. The second kappa shape index (κ2) is 7.35. The highest BCUT2D eigenvalue weighted by molar-refractivity contribution is 5.94. The smallest absolute Gasteiger partial charge is 0.269 e. The van der Waals surface area contributed by atoms with Crippen LogP contribution in [0.1, 0.15) is 21.5 Å². The molecule has 0 spiro atoms. The van der Waals surface area contributed by atoms with Gasteiger partial charge in [0.25, 0.3) is 11.6 Å². The molecule has 3 rings (SSSR count). The molecule has 0 saturated carbocycles. The minimum atomic E-state index is -0.497. The number of hydrogen-bond acceptors (Lipinski definition) is 5. The Bertz CT molecular complexity index is 858. The second-order valence-corrected chi connectivity index (χ2v) is 5.40. The summed E-state index contributed by atoms with van der Waals surface area (Å²) in [4.78, 5) is 26.1. The highest BCUT2D eigenvalue weighted by Crippen LogP contribution is 2.12. The number of aromatic nitrogens is 3. The van der Waals surface area contributed by atoms with Gasteiger partial charge in [-0.25, -0.2) is 9.67 Å². The third-order valence-corrected chi connectivity index (χ3v) is 3.63. The number of nitrogens with zero attached hydrogens (tertiary/aromatic N) is 4. The molecule has 25 heavy (non-hydrogen) atoms. The van der Waals surface area contributed by atoms with E-state index in [2.05, 4.69) is 15.4 Å². The lowest BCUT2D eigenvalue weighted by molar-refractivity contribution is -0.384. The van der Waals surface area contributed by atoms with Gasteiger partial charge in [-0.15, -0.1) is 0 Å². The lowest BCUT2D eigenvalue weighted by Crippen LogP contribution is -2.22. The largest absolute Gasteiger partial charge is 0.348 e. The zero-order valence-corrected chi connectivity index (χ0v) is 13.2. The SMILES string of the molecule is O=C(NCc1ccc(Cn2cncn2)cc1)c1ccc([N+](=O)[O-])cc1. The molecule has 1 N–H and O–H groups in total. The van der Waals surface area contributed by atoms with Crippen LogP contribution in [0.3, 0.4) is 0 Å². The van der Waals surface area contributed by atoms with E-state index < -0.39 is 4.92 Å². The summed E-state index contributed by atoms with van der Waals surface area (Å²) < 4.78 is 1.73. The molecule has 0 bridgehead atoms. The van der Waals surface area contributed by atoms with Crippen molar-refractivity contribution in [3.8, 4) is 0 Å². The highest BCUT2D eigenvalue weighted by Gasteiger charge is 2.09. The van der Waals surface area contributed by atoms with E-state index in [1.807, 2.05) is 24.3 Å². The van der Waals surface area contributed by atoms with E-state index in [0.29, 0.717) is 18.7 Å². The van der Waals surface area contributed by atoms with Crippen LogP contribution < -0.4 is 5.32 Å². The van der Waals surface area contributed by atoms with E-state index in [1.165, 1.54) is 30.6 Å². The molecule has 126 valence electrons. The van der Waals surface area contributed by atoms with Crippen LogP contribution in [-0.4, -0.2) is 25.6 Å². The van der Waals surface area contributed by atoms with Gasteiger partial charge in [-0.05, 0) is 23.3 Å². The molecule has 0 radical (unpaired) electrons. The fourth-order valence-corrected chi connectivity index (χ4v) is 2.28. The van der Waals surface area contributed by atoms with Gasteiger partial charge < -0.3 is 5.32 Å². The van der Waals surface area contributed by atoms with E-state index in [1.54, 1.807) is 11.0 Å². The second-order valence-electron chi connectivity index (χ2n) is 5.40. The van der Waals surface area contributed by atoms with Gasteiger partial charge in [0, 0.05) is 24.2 Å². The molecule has 8 heteroatoms. The number of amides is 1. The van der Waals surface area contributed by atoms with Crippen molar-refractivity contribution in [3.63, 3.8) is 0 Å². The van der Waals surface area contributed by atoms with Crippen molar-refractivity contribution < 1.29 is 9.72 Å². The molecule has 8 nitrogen and oxygen atoms in total. The van der Waals surface area contributed by atoms with E-state index in [0.717, 1.165) is 11.1 Å². The standard InChI is InChI=1S/C17H15N5O3/c23-17(15-5-7-16(8-6-15)22(24)25)19-9-13-1-3-14(4-2-13)10-21-12-18-11-20-21/h1-8,11-12H,9-10H2,(H,19,23). The summed E-state index contributed by atoms with van der Waals surface area (Å²) in [5.41, 5.74) is 2.38. The number of carbonyl (C=O) groups is 1. The Morgan fingerprint density at radius 3 is 2.36 bits per heavy atom. The normalized spacial score (nSPS) is 10.4. The topological polar surface area (TPSA) is 103 Å². The first-order valence-electron chi connectivity index (χ1n) is 7.55. The van der Waals surface area contributed by atoms with Crippen molar-refractivity contribution >= 4 is 11.6 Å². The lowest BCUT2D eigenvalue weighted by atomic mass is 10.1. The summed E-state index contributed by atoms with van der Waals surface area (Å²) in [6.07, 6.45) is 3.14. The molecule has 0 aliphatic carbocycles. The number of carbonyl (C=O) groups excluding carboxylic acids is 1. The summed E-state index contributed by atoms with van der Waals surface area (Å²) >= 11 is 0. The minimum absolute atomic E-state index is 0.0421. The Labute approximate surface area is 143 Å². The van der Waals surface area contributed by atoms with Crippen LogP contribution in [0.5, 0.6) is 0 Å². The first kappa shape index (κ1) is 16.3. The maximum absolute atomic E-state index is 12.1. The molecule has 0 aliphatic heterocycles. The molecule has 1 heterocycles. The summed E-state index contributed by atoms with van der Waals surface area (Å²) in [5, 5.41) is 17.5. The van der Waals surface area contributed by atoms with Gasteiger partial charge in [0.05, 0.1) is 11.5 Å². The van der Waals surface area contributed by atoms with Crippen molar-refractivity contribution in [3.05, 3.63) is 88.0 Å². The van der Waals surface area contributed by atoms with Gasteiger partial charge in [0.2, 0.25) is 0 Å². The fourth-order valence-electron chi connectivity index (χ4n) is 2.28. The van der Waals surface area contributed by atoms with Crippen LogP contribution in [0.25, 0.3) is 0 Å². The molecule has 1 amide bonds. The molecule has 0 unspecified atom stereocenters. The van der Waals surface area contributed by atoms with Gasteiger partial charge in [0.15, 0.2) is 0 Å². The molecule has 0 aliphatic rings. The monoisotopic (exact) mass is 337 g/mol. The third kappa shape index (κ3) is 4.25. The van der Waals surface area contributed by atoms with Gasteiger partial charge in [-0.1, -0.05) is 24.3 Å². The van der Waals surface area contributed by atoms with E-state index >= 15 is 0 Å². The molecule has 0 fully saturated rings. The maximum Gasteiger partial charge on any atom is 0.269 e. The van der Waals surface area contributed by atoms with Crippen LogP contribution >= 0.6 is 0 Å². The van der Waals surface area contributed by atoms with Crippen LogP contribution in [0.4, 0.5) is 5.69 Å². The van der Waals surface area contributed by atoms with Gasteiger partial charge in [-0.3, -0.25) is 14.9 Å². The van der Waals surface area contributed by atoms with Crippen LogP contribution in [-0.2, 0) is 13.1 Å². The van der Waals surface area contributed by atoms with E-state index in [4.69, 9.17) is 0 Å².